The van der Waals surface area contributed by atoms with Gasteiger partial charge in [0.05, 0.1) is 13.2 Å². The van der Waals surface area contributed by atoms with Crippen LogP contribution in [-0.2, 0) is 4.84 Å². The lowest BCUT2D eigenvalue weighted by Crippen LogP contribution is -2.25. The summed E-state index contributed by atoms with van der Waals surface area (Å²) < 4.78 is 57.0. The van der Waals surface area contributed by atoms with E-state index in [0.717, 1.165) is 49.0 Å². The SMILES string of the molecule is C/C=C/COc1cc(C)c(OCCCCCOc2ccc(/C(=N/OC)C(F)(F)F)c(C)c2)c(C)c1. The van der Waals surface area contributed by atoms with Crippen molar-refractivity contribution in [2.75, 3.05) is 26.9 Å². The average Bonchev–Trinajstić information content (AvgIpc) is 2.78. The largest absolute Gasteiger partial charge is 0.494 e. The van der Waals surface area contributed by atoms with Crippen LogP contribution in [0.5, 0.6) is 17.2 Å². The van der Waals surface area contributed by atoms with Gasteiger partial charge in [0.2, 0.25) is 0 Å². The summed E-state index contributed by atoms with van der Waals surface area (Å²) in [6.45, 7) is 9.15. The molecule has 0 aromatic heterocycles. The first-order chi connectivity index (χ1) is 16.7. The van der Waals surface area contributed by atoms with Gasteiger partial charge in [-0.2, -0.15) is 13.2 Å². The molecule has 0 bridgehead atoms. The minimum absolute atomic E-state index is 0.0353. The summed E-state index contributed by atoms with van der Waals surface area (Å²) in [7, 11) is 1.09. The van der Waals surface area contributed by atoms with E-state index in [0.29, 0.717) is 31.1 Å². The van der Waals surface area contributed by atoms with Crippen LogP contribution in [0.1, 0.15) is 48.4 Å². The molecule has 0 aliphatic carbocycles. The van der Waals surface area contributed by atoms with Gasteiger partial charge in [-0.1, -0.05) is 17.3 Å². The molecule has 0 saturated heterocycles. The summed E-state index contributed by atoms with van der Waals surface area (Å²) in [5, 5.41) is 3.14. The summed E-state index contributed by atoms with van der Waals surface area (Å²) >= 11 is 0. The van der Waals surface area contributed by atoms with E-state index in [1.165, 1.54) is 12.1 Å². The first kappa shape index (κ1) is 28.1. The second-order valence-electron chi connectivity index (χ2n) is 8.12. The predicted octanol–water partition coefficient (Wildman–Crippen LogP) is 7.11. The highest BCUT2D eigenvalue weighted by atomic mass is 19.4. The summed E-state index contributed by atoms with van der Waals surface area (Å²) in [6.07, 6.45) is 1.87. The van der Waals surface area contributed by atoms with Crippen LogP contribution in [-0.4, -0.2) is 38.8 Å². The Balaban J connectivity index is 1.77. The number of unbranched alkanes of at least 4 members (excludes halogenated alkanes) is 2. The van der Waals surface area contributed by atoms with Crippen LogP contribution in [0.4, 0.5) is 13.2 Å². The Kier molecular flexibility index (Phi) is 11.0. The van der Waals surface area contributed by atoms with E-state index in [2.05, 4.69) is 9.99 Å². The van der Waals surface area contributed by atoms with E-state index >= 15 is 0 Å². The molecule has 0 heterocycles. The number of benzene rings is 2. The smallest absolute Gasteiger partial charge is 0.437 e. The van der Waals surface area contributed by atoms with Crippen LogP contribution in [0.3, 0.4) is 0 Å². The number of rotatable bonds is 13. The van der Waals surface area contributed by atoms with Crippen molar-refractivity contribution in [3.8, 4) is 17.2 Å². The zero-order valence-corrected chi connectivity index (χ0v) is 21.0. The van der Waals surface area contributed by atoms with Crippen molar-refractivity contribution in [3.63, 3.8) is 0 Å². The molecule has 5 nitrogen and oxygen atoms in total. The molecule has 2 aromatic rings. The molecule has 0 radical (unpaired) electrons. The fourth-order valence-corrected chi connectivity index (χ4v) is 3.54. The van der Waals surface area contributed by atoms with Crippen molar-refractivity contribution in [2.45, 2.75) is 53.1 Å². The molecule has 0 saturated carbocycles. The molecule has 8 heteroatoms. The van der Waals surface area contributed by atoms with Crippen molar-refractivity contribution >= 4 is 5.71 Å². The molecular formula is C27H34F3NO4. The first-order valence-corrected chi connectivity index (χ1v) is 11.6. The molecule has 2 rings (SSSR count). The van der Waals surface area contributed by atoms with E-state index < -0.39 is 11.9 Å². The fraction of sp³-hybridized carbons (Fsp3) is 0.444. The van der Waals surface area contributed by atoms with E-state index in [9.17, 15) is 13.2 Å². The van der Waals surface area contributed by atoms with Gasteiger partial charge in [-0.25, -0.2) is 0 Å². The highest BCUT2D eigenvalue weighted by Gasteiger charge is 2.38. The Bertz CT molecular complexity index is 993. The van der Waals surface area contributed by atoms with Gasteiger partial charge in [0.1, 0.15) is 31.0 Å². The summed E-state index contributed by atoms with van der Waals surface area (Å²) in [5.74, 6) is 2.22. The zero-order valence-electron chi connectivity index (χ0n) is 21.0. The number of aryl methyl sites for hydroxylation is 3. The number of halogens is 3. The van der Waals surface area contributed by atoms with Gasteiger partial charge in [0.25, 0.3) is 0 Å². The standard InChI is InChI=1S/C27H34F3NO4/c1-6-7-13-34-23-17-20(3)25(21(4)18-23)35-15-10-8-9-14-33-22-11-12-24(19(2)16-22)26(31-32-5)27(28,29)30/h6-7,11-12,16-18H,8-10,13-15H2,1-5H3/b7-6+,31-26-. The molecule has 0 amide bonds. The molecule has 0 aliphatic rings. The maximum absolute atomic E-state index is 13.2. The number of hydrogen-bond acceptors (Lipinski definition) is 5. The minimum atomic E-state index is -4.61. The normalized spacial score (nSPS) is 12.2. The lowest BCUT2D eigenvalue weighted by atomic mass is 10.0. The van der Waals surface area contributed by atoms with Gasteiger partial charge >= 0.3 is 6.18 Å². The van der Waals surface area contributed by atoms with Gasteiger partial charge in [0, 0.05) is 5.56 Å². The van der Waals surface area contributed by atoms with Crippen molar-refractivity contribution < 1.29 is 32.2 Å². The number of ether oxygens (including phenoxy) is 3. The molecule has 0 aliphatic heterocycles. The molecule has 0 N–H and O–H groups in total. The summed E-state index contributed by atoms with van der Waals surface area (Å²) in [4.78, 5) is 4.36. The van der Waals surface area contributed by atoms with E-state index in [1.807, 2.05) is 45.1 Å². The van der Waals surface area contributed by atoms with Crippen LogP contribution in [0.25, 0.3) is 0 Å². The predicted molar refractivity (Wildman–Crippen MR) is 132 cm³/mol. The Morgan fingerprint density at radius 3 is 2.06 bits per heavy atom. The molecule has 2 aromatic carbocycles. The van der Waals surface area contributed by atoms with E-state index in [4.69, 9.17) is 14.2 Å². The van der Waals surface area contributed by atoms with E-state index in [-0.39, 0.29) is 5.56 Å². The maximum Gasteiger partial charge on any atom is 0.437 e. The third kappa shape index (κ3) is 8.85. The van der Waals surface area contributed by atoms with Gasteiger partial charge in [-0.15, -0.1) is 0 Å². The fourth-order valence-electron chi connectivity index (χ4n) is 3.54. The van der Waals surface area contributed by atoms with Crippen molar-refractivity contribution in [1.82, 2.24) is 0 Å². The van der Waals surface area contributed by atoms with Gasteiger partial charge < -0.3 is 19.0 Å². The number of alkyl halides is 3. The molecule has 0 spiro atoms. The summed E-state index contributed by atoms with van der Waals surface area (Å²) in [5.41, 5.74) is 1.38. The topological polar surface area (TPSA) is 49.3 Å². The van der Waals surface area contributed by atoms with Crippen LogP contribution in [0.2, 0.25) is 0 Å². The van der Waals surface area contributed by atoms with Crippen molar-refractivity contribution in [3.05, 3.63) is 64.7 Å². The zero-order chi connectivity index (χ0) is 25.8. The van der Waals surface area contributed by atoms with E-state index in [1.54, 1.807) is 13.0 Å². The third-order valence-electron chi connectivity index (χ3n) is 5.22. The van der Waals surface area contributed by atoms with Gasteiger partial charge in [-0.05, 0) is 94.0 Å². The number of allylic oxidation sites excluding steroid dienone is 1. The minimum Gasteiger partial charge on any atom is -0.494 e. The molecule has 0 atom stereocenters. The monoisotopic (exact) mass is 493 g/mol. The second-order valence-corrected chi connectivity index (χ2v) is 8.12. The third-order valence-corrected chi connectivity index (χ3v) is 5.22. The van der Waals surface area contributed by atoms with Crippen LogP contribution in [0.15, 0.2) is 47.6 Å². The average molecular weight is 494 g/mol. The quantitative estimate of drug-likeness (QED) is 0.129. The highest BCUT2D eigenvalue weighted by molar-refractivity contribution is 6.05. The number of nitrogens with zero attached hydrogens (tertiary/aromatic N) is 1. The Labute approximate surface area is 205 Å². The first-order valence-electron chi connectivity index (χ1n) is 11.6. The lowest BCUT2D eigenvalue weighted by molar-refractivity contribution is -0.0608. The molecule has 35 heavy (non-hydrogen) atoms. The van der Waals surface area contributed by atoms with Crippen LogP contribution in [0, 0.1) is 20.8 Å². The Hall–Kier alpha value is -3.16. The number of oxime groups is 1. The maximum atomic E-state index is 13.2. The molecule has 0 fully saturated rings. The van der Waals surface area contributed by atoms with Crippen molar-refractivity contribution in [1.29, 1.82) is 0 Å². The lowest BCUT2D eigenvalue weighted by Gasteiger charge is -2.15. The number of hydrogen-bond donors (Lipinski definition) is 0. The molecular weight excluding hydrogens is 459 g/mol. The molecule has 192 valence electrons. The van der Waals surface area contributed by atoms with Crippen LogP contribution < -0.4 is 14.2 Å². The van der Waals surface area contributed by atoms with Gasteiger partial charge in [0.15, 0.2) is 5.71 Å². The Morgan fingerprint density at radius 1 is 0.857 bits per heavy atom. The van der Waals surface area contributed by atoms with Crippen molar-refractivity contribution in [2.24, 2.45) is 5.16 Å². The van der Waals surface area contributed by atoms with Gasteiger partial charge in [-0.3, -0.25) is 0 Å². The highest BCUT2D eigenvalue weighted by Crippen LogP contribution is 2.29. The summed E-state index contributed by atoms with van der Waals surface area (Å²) in [6, 6.07) is 8.40. The Morgan fingerprint density at radius 2 is 1.49 bits per heavy atom. The second kappa shape index (κ2) is 13.7. The molecule has 0 unspecified atom stereocenters. The van der Waals surface area contributed by atoms with Crippen LogP contribution >= 0.6 is 0 Å².